The largest absolute Gasteiger partial charge is 0.369 e. The normalized spacial score (nSPS) is 18.6. The highest BCUT2D eigenvalue weighted by Gasteiger charge is 2.32. The molecule has 24 heavy (non-hydrogen) atoms. The standard InChI is InChI=1S/C19H39N5/c1-5-6-7-8-9-10-11-12-13-14-15-16-24-17(20)22-18(21-4)23-19(24,2)3/h5-16H2,1-4H3,(H3,20,21,22,23). The molecule has 0 aromatic rings. The summed E-state index contributed by atoms with van der Waals surface area (Å²) >= 11 is 0. The van der Waals surface area contributed by atoms with Crippen LogP contribution in [0.4, 0.5) is 0 Å². The number of rotatable bonds is 12. The third-order valence-electron chi connectivity index (χ3n) is 4.79. The zero-order valence-corrected chi connectivity index (χ0v) is 16.4. The van der Waals surface area contributed by atoms with Crippen LogP contribution < -0.4 is 11.1 Å². The quantitative estimate of drug-likeness (QED) is 0.523. The second kappa shape index (κ2) is 11.3. The highest BCUT2D eigenvalue weighted by molar-refractivity contribution is 5.97. The summed E-state index contributed by atoms with van der Waals surface area (Å²) in [5, 5.41) is 3.32. The summed E-state index contributed by atoms with van der Waals surface area (Å²) in [6.45, 7) is 7.47. The molecule has 5 heteroatoms. The van der Waals surface area contributed by atoms with Crippen molar-refractivity contribution in [2.75, 3.05) is 13.6 Å². The second-order valence-electron chi connectivity index (χ2n) is 7.39. The van der Waals surface area contributed by atoms with Crippen molar-refractivity contribution in [2.45, 2.75) is 97.1 Å². The molecular formula is C19H39N5. The predicted molar refractivity (Wildman–Crippen MR) is 105 cm³/mol. The van der Waals surface area contributed by atoms with Crippen LogP contribution in [0.1, 0.15) is 91.4 Å². The number of nitrogens with zero attached hydrogens (tertiary/aromatic N) is 3. The molecule has 0 bridgehead atoms. The van der Waals surface area contributed by atoms with E-state index in [-0.39, 0.29) is 5.66 Å². The summed E-state index contributed by atoms with van der Waals surface area (Å²) in [5.74, 6) is 1.19. The van der Waals surface area contributed by atoms with Crippen molar-refractivity contribution < 1.29 is 0 Å². The average Bonchev–Trinajstić information content (AvgIpc) is 2.53. The molecule has 1 rings (SSSR count). The Bertz CT molecular complexity index is 401. The lowest BCUT2D eigenvalue weighted by atomic mass is 10.1. The van der Waals surface area contributed by atoms with Crippen molar-refractivity contribution >= 4 is 11.9 Å². The van der Waals surface area contributed by atoms with E-state index < -0.39 is 0 Å². The molecular weight excluding hydrogens is 298 g/mol. The highest BCUT2D eigenvalue weighted by Crippen LogP contribution is 2.17. The fraction of sp³-hybridized carbons (Fsp3) is 0.895. The van der Waals surface area contributed by atoms with Crippen LogP contribution in [0.5, 0.6) is 0 Å². The first-order valence-electron chi connectivity index (χ1n) is 9.88. The molecule has 3 N–H and O–H groups in total. The van der Waals surface area contributed by atoms with Gasteiger partial charge in [0.05, 0.1) is 0 Å². The Balaban J connectivity index is 2.10. The topological polar surface area (TPSA) is 66.0 Å². The van der Waals surface area contributed by atoms with Crippen LogP contribution in [-0.4, -0.2) is 36.1 Å². The maximum absolute atomic E-state index is 6.11. The molecule has 5 nitrogen and oxygen atoms in total. The zero-order valence-electron chi connectivity index (χ0n) is 16.4. The summed E-state index contributed by atoms with van der Waals surface area (Å²) in [6, 6.07) is 0. The number of nitrogens with one attached hydrogen (secondary N) is 1. The van der Waals surface area contributed by atoms with Crippen molar-refractivity contribution in [1.29, 1.82) is 0 Å². The second-order valence-corrected chi connectivity index (χ2v) is 7.39. The number of hydrogen-bond donors (Lipinski definition) is 2. The molecule has 0 aromatic heterocycles. The van der Waals surface area contributed by atoms with Gasteiger partial charge in [0.25, 0.3) is 0 Å². The molecule has 0 saturated heterocycles. The van der Waals surface area contributed by atoms with Crippen LogP contribution in [0.15, 0.2) is 9.98 Å². The molecule has 0 atom stereocenters. The molecule has 0 amide bonds. The van der Waals surface area contributed by atoms with E-state index >= 15 is 0 Å². The molecule has 0 fully saturated rings. The first-order chi connectivity index (χ1) is 11.5. The van der Waals surface area contributed by atoms with E-state index in [4.69, 9.17) is 5.73 Å². The van der Waals surface area contributed by atoms with Gasteiger partial charge < -0.3 is 16.0 Å². The van der Waals surface area contributed by atoms with Crippen LogP contribution in [0.25, 0.3) is 0 Å². The average molecular weight is 338 g/mol. The number of unbranched alkanes of at least 4 members (excludes halogenated alkanes) is 10. The summed E-state index contributed by atoms with van der Waals surface area (Å²) in [4.78, 5) is 10.6. The fourth-order valence-corrected chi connectivity index (χ4v) is 3.26. The van der Waals surface area contributed by atoms with Crippen molar-refractivity contribution in [3.63, 3.8) is 0 Å². The van der Waals surface area contributed by atoms with E-state index in [1.54, 1.807) is 7.05 Å². The molecule has 140 valence electrons. The van der Waals surface area contributed by atoms with Crippen molar-refractivity contribution in [3.05, 3.63) is 0 Å². The summed E-state index contributed by atoms with van der Waals surface area (Å²) in [5.41, 5.74) is 5.88. The van der Waals surface area contributed by atoms with Gasteiger partial charge in [0.15, 0.2) is 0 Å². The monoisotopic (exact) mass is 337 g/mol. The third kappa shape index (κ3) is 7.54. The molecule has 0 unspecified atom stereocenters. The zero-order chi connectivity index (χ0) is 17.8. The molecule has 0 aliphatic carbocycles. The van der Waals surface area contributed by atoms with Crippen LogP contribution in [0.2, 0.25) is 0 Å². The summed E-state index contributed by atoms with van der Waals surface area (Å²) in [6.07, 6.45) is 14.9. The smallest absolute Gasteiger partial charge is 0.222 e. The van der Waals surface area contributed by atoms with Crippen LogP contribution in [-0.2, 0) is 0 Å². The van der Waals surface area contributed by atoms with E-state index in [1.165, 1.54) is 64.2 Å². The molecule has 0 aromatic carbocycles. The molecule has 0 saturated carbocycles. The van der Waals surface area contributed by atoms with Crippen molar-refractivity contribution in [1.82, 2.24) is 10.2 Å². The number of aliphatic imine (C=N–C) groups is 2. The molecule has 0 spiro atoms. The first-order valence-corrected chi connectivity index (χ1v) is 9.88. The Kier molecular flexibility index (Phi) is 9.80. The van der Waals surface area contributed by atoms with Crippen LogP contribution in [0.3, 0.4) is 0 Å². The molecule has 0 radical (unpaired) electrons. The van der Waals surface area contributed by atoms with Crippen LogP contribution in [0, 0.1) is 0 Å². The highest BCUT2D eigenvalue weighted by atomic mass is 15.4. The third-order valence-corrected chi connectivity index (χ3v) is 4.79. The van der Waals surface area contributed by atoms with Crippen molar-refractivity contribution in [3.8, 4) is 0 Å². The van der Waals surface area contributed by atoms with Gasteiger partial charge in [-0.1, -0.05) is 71.1 Å². The first kappa shape index (κ1) is 20.8. The van der Waals surface area contributed by atoms with E-state index in [2.05, 4.69) is 41.0 Å². The molecule has 1 heterocycles. The number of hydrogen-bond acceptors (Lipinski definition) is 3. The van der Waals surface area contributed by atoms with Gasteiger partial charge in [0.1, 0.15) is 5.66 Å². The number of guanidine groups is 2. The van der Waals surface area contributed by atoms with E-state index in [0.717, 1.165) is 13.0 Å². The Morgan fingerprint density at radius 1 is 0.958 bits per heavy atom. The minimum Gasteiger partial charge on any atom is -0.369 e. The Hall–Kier alpha value is -1.26. The lowest BCUT2D eigenvalue weighted by molar-refractivity contribution is 0.182. The van der Waals surface area contributed by atoms with Gasteiger partial charge >= 0.3 is 0 Å². The van der Waals surface area contributed by atoms with Crippen molar-refractivity contribution in [2.24, 2.45) is 15.7 Å². The SMILES string of the molecule is CCCCCCCCCCCCCN1C(N)=NC(=NC)NC1(C)C. The van der Waals surface area contributed by atoms with Gasteiger partial charge in [-0.3, -0.25) is 4.99 Å². The summed E-state index contributed by atoms with van der Waals surface area (Å²) < 4.78 is 0. The van der Waals surface area contributed by atoms with Gasteiger partial charge in [-0.05, 0) is 20.3 Å². The summed E-state index contributed by atoms with van der Waals surface area (Å²) in [7, 11) is 1.73. The van der Waals surface area contributed by atoms with Gasteiger partial charge in [-0.2, -0.15) is 4.99 Å². The van der Waals surface area contributed by atoms with Crippen LogP contribution >= 0.6 is 0 Å². The van der Waals surface area contributed by atoms with E-state index in [1.807, 2.05) is 0 Å². The number of nitrogens with two attached hydrogens (primary N) is 1. The predicted octanol–water partition coefficient (Wildman–Crippen LogP) is 4.24. The minimum absolute atomic E-state index is 0.223. The van der Waals surface area contributed by atoms with Gasteiger partial charge in [0.2, 0.25) is 11.9 Å². The molecule has 1 aliphatic heterocycles. The van der Waals surface area contributed by atoms with E-state index in [9.17, 15) is 0 Å². The Morgan fingerprint density at radius 2 is 1.46 bits per heavy atom. The van der Waals surface area contributed by atoms with Gasteiger partial charge in [0, 0.05) is 13.6 Å². The Morgan fingerprint density at radius 3 is 1.92 bits per heavy atom. The lowest BCUT2D eigenvalue weighted by Gasteiger charge is -2.43. The minimum atomic E-state index is -0.223. The maximum Gasteiger partial charge on any atom is 0.222 e. The fourth-order valence-electron chi connectivity index (χ4n) is 3.26. The van der Waals surface area contributed by atoms with E-state index in [0.29, 0.717) is 11.9 Å². The maximum atomic E-state index is 6.11. The van der Waals surface area contributed by atoms with Gasteiger partial charge in [-0.15, -0.1) is 0 Å². The Labute approximate surface area is 149 Å². The van der Waals surface area contributed by atoms with Gasteiger partial charge in [-0.25, -0.2) is 0 Å². The molecule has 1 aliphatic rings. The lowest BCUT2D eigenvalue weighted by Crippen LogP contribution is -2.64.